The van der Waals surface area contributed by atoms with Gasteiger partial charge in [-0.25, -0.2) is 0 Å². The van der Waals surface area contributed by atoms with Gasteiger partial charge in [0.05, 0.1) is 17.4 Å². The van der Waals surface area contributed by atoms with Gasteiger partial charge in [-0.3, -0.25) is 14.4 Å². The summed E-state index contributed by atoms with van der Waals surface area (Å²) in [5.41, 5.74) is 1.13. The van der Waals surface area contributed by atoms with E-state index in [2.05, 4.69) is 5.32 Å². The number of likely N-dealkylation sites (tertiary alicyclic amines) is 1. The van der Waals surface area contributed by atoms with Gasteiger partial charge in [0.25, 0.3) is 5.91 Å². The van der Waals surface area contributed by atoms with E-state index >= 15 is 0 Å². The summed E-state index contributed by atoms with van der Waals surface area (Å²) in [5, 5.41) is 12.0. The number of carboxylic acid groups (broad SMARTS) is 1. The van der Waals surface area contributed by atoms with Crippen molar-refractivity contribution in [2.45, 2.75) is 30.7 Å². The summed E-state index contributed by atoms with van der Waals surface area (Å²) < 4.78 is 0. The second-order valence-electron chi connectivity index (χ2n) is 5.87. The molecule has 6 nitrogen and oxygen atoms in total. The third-order valence-corrected chi connectivity index (χ3v) is 5.50. The number of piperidine rings is 1. The molecule has 0 bridgehead atoms. The minimum atomic E-state index is -0.857. The lowest BCUT2D eigenvalue weighted by molar-refractivity contribution is -0.145. The van der Waals surface area contributed by atoms with Crippen LogP contribution in [-0.2, 0) is 9.59 Å². The normalized spacial score (nSPS) is 23.9. The van der Waals surface area contributed by atoms with Gasteiger partial charge in [-0.15, -0.1) is 11.8 Å². The van der Waals surface area contributed by atoms with Crippen molar-refractivity contribution in [2.75, 3.05) is 17.6 Å². The maximum atomic E-state index is 12.8. The number of carbonyl (C=O) groups is 3. The summed E-state index contributed by atoms with van der Waals surface area (Å²) in [7, 11) is 0. The van der Waals surface area contributed by atoms with Crippen LogP contribution in [0.25, 0.3) is 0 Å². The first kappa shape index (κ1) is 15.9. The van der Waals surface area contributed by atoms with E-state index in [1.807, 2.05) is 6.07 Å². The van der Waals surface area contributed by atoms with E-state index in [0.717, 1.165) is 4.90 Å². The Labute approximate surface area is 138 Å². The van der Waals surface area contributed by atoms with Crippen molar-refractivity contribution in [2.24, 2.45) is 5.92 Å². The van der Waals surface area contributed by atoms with Gasteiger partial charge < -0.3 is 15.3 Å². The lowest BCUT2D eigenvalue weighted by Crippen LogP contribution is -2.49. The minimum Gasteiger partial charge on any atom is -0.481 e. The number of carboxylic acids is 1. The molecule has 122 valence electrons. The first-order valence-electron chi connectivity index (χ1n) is 7.58. The molecule has 0 radical (unpaired) electrons. The molecule has 2 N–H and O–H groups in total. The number of fused-ring (bicyclic) bond motifs is 1. The van der Waals surface area contributed by atoms with Crippen molar-refractivity contribution in [3.63, 3.8) is 0 Å². The highest BCUT2D eigenvalue weighted by atomic mass is 32.2. The summed E-state index contributed by atoms with van der Waals surface area (Å²) in [4.78, 5) is 38.1. The molecule has 23 heavy (non-hydrogen) atoms. The van der Waals surface area contributed by atoms with Gasteiger partial charge in [0.2, 0.25) is 5.91 Å². The Kier molecular flexibility index (Phi) is 4.30. The van der Waals surface area contributed by atoms with Gasteiger partial charge in [0.1, 0.15) is 0 Å². The maximum Gasteiger partial charge on any atom is 0.308 e. The molecule has 0 spiro atoms. The number of hydrogen-bond donors (Lipinski definition) is 2. The lowest BCUT2D eigenvalue weighted by atomic mass is 9.90. The molecule has 0 aromatic heterocycles. The van der Waals surface area contributed by atoms with E-state index in [4.69, 9.17) is 0 Å². The summed E-state index contributed by atoms with van der Waals surface area (Å²) in [6.45, 7) is 2.34. The molecule has 0 aliphatic carbocycles. The predicted molar refractivity (Wildman–Crippen MR) is 86.7 cm³/mol. The average molecular weight is 334 g/mol. The largest absolute Gasteiger partial charge is 0.481 e. The molecule has 2 aliphatic heterocycles. The first-order chi connectivity index (χ1) is 11.0. The fourth-order valence-electron chi connectivity index (χ4n) is 3.14. The molecular weight excluding hydrogens is 316 g/mol. The third-order valence-electron chi connectivity index (χ3n) is 4.43. The molecule has 2 amide bonds. The second-order valence-corrected chi connectivity index (χ2v) is 6.89. The summed E-state index contributed by atoms with van der Waals surface area (Å²) >= 11 is 1.44. The van der Waals surface area contributed by atoms with Gasteiger partial charge in [-0.1, -0.05) is 0 Å². The Hall–Kier alpha value is -2.02. The Balaban J connectivity index is 1.84. The molecule has 3 rings (SSSR count). The summed E-state index contributed by atoms with van der Waals surface area (Å²) in [6, 6.07) is 4.91. The predicted octanol–water partition coefficient (Wildman–Crippen LogP) is 2.06. The van der Waals surface area contributed by atoms with Crippen molar-refractivity contribution in [3.05, 3.63) is 23.8 Å². The van der Waals surface area contributed by atoms with Crippen LogP contribution >= 0.6 is 11.8 Å². The summed E-state index contributed by atoms with van der Waals surface area (Å²) in [5.74, 6) is -1.27. The SMILES string of the molecule is C[C@@H]1[C@H](C(=O)O)CCCN1C(=O)c1ccc2c(c1)NC(=O)CS2. The van der Waals surface area contributed by atoms with E-state index < -0.39 is 11.9 Å². The van der Waals surface area contributed by atoms with Crippen LogP contribution in [0, 0.1) is 5.92 Å². The molecular formula is C16H18N2O4S. The van der Waals surface area contributed by atoms with Gasteiger partial charge in [0.15, 0.2) is 0 Å². The smallest absolute Gasteiger partial charge is 0.308 e. The number of rotatable bonds is 2. The van der Waals surface area contributed by atoms with E-state index in [0.29, 0.717) is 36.4 Å². The van der Waals surface area contributed by atoms with Crippen LogP contribution < -0.4 is 5.32 Å². The molecule has 1 saturated heterocycles. The van der Waals surface area contributed by atoms with Gasteiger partial charge in [-0.05, 0) is 38.0 Å². The molecule has 2 aliphatic rings. The van der Waals surface area contributed by atoms with Crippen molar-refractivity contribution in [3.8, 4) is 0 Å². The number of hydrogen-bond acceptors (Lipinski definition) is 4. The maximum absolute atomic E-state index is 12.8. The van der Waals surface area contributed by atoms with Gasteiger partial charge >= 0.3 is 5.97 Å². The van der Waals surface area contributed by atoms with Gasteiger partial charge in [0, 0.05) is 23.0 Å². The Morgan fingerprint density at radius 2 is 2.17 bits per heavy atom. The van der Waals surface area contributed by atoms with E-state index in [1.165, 1.54) is 11.8 Å². The van der Waals surface area contributed by atoms with Crippen LogP contribution in [0.3, 0.4) is 0 Å². The second kappa shape index (κ2) is 6.23. The van der Waals surface area contributed by atoms with Crippen molar-refractivity contribution in [1.29, 1.82) is 0 Å². The molecule has 1 aromatic carbocycles. The molecule has 2 heterocycles. The molecule has 1 aromatic rings. The van der Waals surface area contributed by atoms with Gasteiger partial charge in [-0.2, -0.15) is 0 Å². The van der Waals surface area contributed by atoms with Crippen LogP contribution in [-0.4, -0.2) is 46.1 Å². The Morgan fingerprint density at radius 3 is 2.91 bits per heavy atom. The summed E-state index contributed by atoms with van der Waals surface area (Å²) in [6.07, 6.45) is 1.28. The number of anilines is 1. The van der Waals surface area contributed by atoms with Crippen LogP contribution in [0.4, 0.5) is 5.69 Å². The zero-order chi connectivity index (χ0) is 16.6. The highest BCUT2D eigenvalue weighted by Gasteiger charge is 2.35. The minimum absolute atomic E-state index is 0.0793. The average Bonchev–Trinajstić information content (AvgIpc) is 2.53. The number of aliphatic carboxylic acids is 1. The van der Waals surface area contributed by atoms with E-state index in [-0.39, 0.29) is 17.9 Å². The fraction of sp³-hybridized carbons (Fsp3) is 0.438. The number of nitrogens with zero attached hydrogens (tertiary/aromatic N) is 1. The lowest BCUT2D eigenvalue weighted by Gasteiger charge is -2.37. The first-order valence-corrected chi connectivity index (χ1v) is 8.56. The van der Waals surface area contributed by atoms with E-state index in [9.17, 15) is 19.5 Å². The zero-order valence-corrected chi connectivity index (χ0v) is 13.6. The van der Waals surface area contributed by atoms with Crippen molar-refractivity contribution < 1.29 is 19.5 Å². The Morgan fingerprint density at radius 1 is 1.39 bits per heavy atom. The van der Waals surface area contributed by atoms with Crippen molar-refractivity contribution in [1.82, 2.24) is 4.90 Å². The third kappa shape index (κ3) is 3.06. The van der Waals surface area contributed by atoms with Crippen LogP contribution in [0.2, 0.25) is 0 Å². The Bertz CT molecular complexity index is 676. The number of carbonyl (C=O) groups excluding carboxylic acids is 2. The molecule has 0 saturated carbocycles. The quantitative estimate of drug-likeness (QED) is 0.864. The number of nitrogens with one attached hydrogen (secondary N) is 1. The molecule has 2 atom stereocenters. The number of thioether (sulfide) groups is 1. The standard InChI is InChI=1S/C16H18N2O4S/c1-9-11(16(21)22)3-2-6-18(9)15(20)10-4-5-13-12(7-10)17-14(19)8-23-13/h4-5,7,9,11H,2-3,6,8H2,1H3,(H,17,19)(H,21,22)/t9-,11-/m1/s1. The molecule has 0 unspecified atom stereocenters. The van der Waals surface area contributed by atoms with Crippen LogP contribution in [0.15, 0.2) is 23.1 Å². The number of amides is 2. The monoisotopic (exact) mass is 334 g/mol. The fourth-order valence-corrected chi connectivity index (χ4v) is 3.93. The van der Waals surface area contributed by atoms with Crippen LogP contribution in [0.1, 0.15) is 30.1 Å². The molecule has 7 heteroatoms. The zero-order valence-electron chi connectivity index (χ0n) is 12.7. The highest BCUT2D eigenvalue weighted by molar-refractivity contribution is 8.00. The van der Waals surface area contributed by atoms with E-state index in [1.54, 1.807) is 24.0 Å². The molecule has 1 fully saturated rings. The van der Waals surface area contributed by atoms with Crippen LogP contribution in [0.5, 0.6) is 0 Å². The van der Waals surface area contributed by atoms with Crippen molar-refractivity contribution >= 4 is 35.2 Å². The highest BCUT2D eigenvalue weighted by Crippen LogP contribution is 2.33. The topological polar surface area (TPSA) is 86.7 Å². The number of benzene rings is 1.